The average Bonchev–Trinajstić information content (AvgIpc) is 2.72. The molecule has 0 amide bonds. The molecule has 0 spiro atoms. The second kappa shape index (κ2) is 8.97. The van der Waals surface area contributed by atoms with Crippen molar-refractivity contribution >= 4 is 34.8 Å². The number of benzene rings is 1. The van der Waals surface area contributed by atoms with Crippen LogP contribution in [0.25, 0.3) is 11.0 Å². The topological polar surface area (TPSA) is 80.0 Å². The lowest BCUT2D eigenvalue weighted by atomic mass is 9.97. The minimum Gasteiger partial charge on any atom is -0.378 e. The number of halogens is 1. The van der Waals surface area contributed by atoms with Crippen LogP contribution in [0.1, 0.15) is 18.4 Å². The van der Waals surface area contributed by atoms with E-state index in [1.165, 1.54) is 11.3 Å². The van der Waals surface area contributed by atoms with Crippen molar-refractivity contribution < 1.29 is 0 Å². The van der Waals surface area contributed by atoms with Crippen molar-refractivity contribution in [1.29, 1.82) is 0 Å². The molecule has 1 fully saturated rings. The van der Waals surface area contributed by atoms with E-state index in [0.29, 0.717) is 5.92 Å². The van der Waals surface area contributed by atoms with Gasteiger partial charge in [-0.1, -0.05) is 6.07 Å². The maximum atomic E-state index is 5.82. The number of fused-ring (bicyclic) bond motifs is 1. The van der Waals surface area contributed by atoms with Gasteiger partial charge in [0.05, 0.1) is 28.6 Å². The molecule has 0 radical (unpaired) electrons. The molecule has 3 N–H and O–H groups in total. The largest absolute Gasteiger partial charge is 0.378 e. The Morgan fingerprint density at radius 3 is 2.59 bits per heavy atom. The first kappa shape index (κ1) is 19.3. The number of aromatic nitrogens is 3. The van der Waals surface area contributed by atoms with Crippen molar-refractivity contribution in [3.8, 4) is 0 Å². The third-order valence-corrected chi connectivity index (χ3v) is 5.10. The Morgan fingerprint density at radius 2 is 1.81 bits per heavy atom. The summed E-state index contributed by atoms with van der Waals surface area (Å²) in [5.74, 6) is 0.656. The fraction of sp³-hybridized carbons (Fsp3) is 0.350. The first-order valence-corrected chi connectivity index (χ1v) is 9.16. The molecule has 142 valence electrons. The van der Waals surface area contributed by atoms with Crippen LogP contribution in [0, 0.1) is 5.92 Å². The van der Waals surface area contributed by atoms with Crippen LogP contribution >= 0.6 is 12.4 Å². The standard InChI is InChI=1S/C20H24N6.ClH/c21-12-15-4-9-26(10-5-15)20-3-6-22-14-19(20)25-13-16-1-2-17-18(11-16)24-8-7-23-17;/h1-3,6-8,11,14-15,25H,4-5,9-10,12-13,21H2;1H. The predicted octanol–water partition coefficient (Wildman–Crippen LogP) is 3.23. The molecule has 0 saturated carbocycles. The minimum absolute atomic E-state index is 0. The number of nitrogens with two attached hydrogens (primary N) is 1. The Bertz CT molecular complexity index is 879. The molecule has 4 rings (SSSR count). The number of pyridine rings is 1. The van der Waals surface area contributed by atoms with Crippen LogP contribution < -0.4 is 16.0 Å². The SMILES string of the molecule is Cl.NCC1CCN(c2ccncc2NCc2ccc3nccnc3c2)CC1. The Balaban J connectivity index is 0.00000210. The second-order valence-electron chi connectivity index (χ2n) is 6.79. The molecule has 1 saturated heterocycles. The fourth-order valence-corrected chi connectivity index (χ4v) is 3.52. The van der Waals surface area contributed by atoms with Gasteiger partial charge < -0.3 is 16.0 Å². The van der Waals surface area contributed by atoms with E-state index in [1.807, 2.05) is 18.5 Å². The maximum Gasteiger partial charge on any atom is 0.0890 e. The van der Waals surface area contributed by atoms with Gasteiger partial charge in [-0.05, 0) is 49.1 Å². The van der Waals surface area contributed by atoms with Crippen LogP contribution in [0.2, 0.25) is 0 Å². The van der Waals surface area contributed by atoms with E-state index >= 15 is 0 Å². The molecule has 27 heavy (non-hydrogen) atoms. The minimum atomic E-state index is 0. The molecule has 1 aromatic carbocycles. The van der Waals surface area contributed by atoms with Gasteiger partial charge in [0, 0.05) is 38.2 Å². The van der Waals surface area contributed by atoms with Crippen LogP contribution in [0.3, 0.4) is 0 Å². The zero-order valence-corrected chi connectivity index (χ0v) is 16.0. The van der Waals surface area contributed by atoms with Crippen LogP contribution in [0.15, 0.2) is 49.1 Å². The van der Waals surface area contributed by atoms with Gasteiger partial charge in [-0.25, -0.2) is 0 Å². The molecule has 1 aliphatic heterocycles. The molecule has 2 aromatic heterocycles. The van der Waals surface area contributed by atoms with Gasteiger partial charge in [0.1, 0.15) is 0 Å². The third kappa shape index (κ3) is 4.46. The molecular formula is C20H25ClN6. The lowest BCUT2D eigenvalue weighted by molar-refractivity contribution is 0.415. The Morgan fingerprint density at radius 1 is 1.04 bits per heavy atom. The molecule has 0 atom stereocenters. The highest BCUT2D eigenvalue weighted by atomic mass is 35.5. The number of piperidine rings is 1. The molecule has 3 aromatic rings. The summed E-state index contributed by atoms with van der Waals surface area (Å²) in [4.78, 5) is 15.4. The number of hydrogen-bond acceptors (Lipinski definition) is 6. The molecule has 6 nitrogen and oxygen atoms in total. The molecule has 0 aliphatic carbocycles. The zero-order chi connectivity index (χ0) is 17.8. The van der Waals surface area contributed by atoms with Gasteiger partial charge in [-0.3, -0.25) is 15.0 Å². The highest BCUT2D eigenvalue weighted by molar-refractivity contribution is 5.85. The van der Waals surface area contributed by atoms with E-state index in [2.05, 4.69) is 43.4 Å². The van der Waals surface area contributed by atoms with E-state index in [1.54, 1.807) is 12.4 Å². The van der Waals surface area contributed by atoms with Crippen LogP contribution in [0.5, 0.6) is 0 Å². The first-order valence-electron chi connectivity index (χ1n) is 9.16. The number of hydrogen-bond donors (Lipinski definition) is 2. The number of rotatable bonds is 5. The van der Waals surface area contributed by atoms with Gasteiger partial charge in [0.15, 0.2) is 0 Å². The Hall–Kier alpha value is -2.44. The smallest absolute Gasteiger partial charge is 0.0890 e. The monoisotopic (exact) mass is 384 g/mol. The maximum absolute atomic E-state index is 5.82. The van der Waals surface area contributed by atoms with Gasteiger partial charge in [-0.15, -0.1) is 12.4 Å². The summed E-state index contributed by atoms with van der Waals surface area (Å²) in [6.07, 6.45) is 9.52. The summed E-state index contributed by atoms with van der Waals surface area (Å²) in [5, 5.41) is 3.54. The number of nitrogens with zero attached hydrogens (tertiary/aromatic N) is 4. The van der Waals surface area contributed by atoms with Crippen molar-refractivity contribution in [2.45, 2.75) is 19.4 Å². The van der Waals surface area contributed by atoms with Crippen LogP contribution in [-0.4, -0.2) is 34.6 Å². The number of anilines is 2. The highest BCUT2D eigenvalue weighted by Gasteiger charge is 2.20. The van der Waals surface area contributed by atoms with Crippen molar-refractivity contribution in [3.05, 3.63) is 54.6 Å². The summed E-state index contributed by atoms with van der Waals surface area (Å²) in [7, 11) is 0. The van der Waals surface area contributed by atoms with Gasteiger partial charge in [-0.2, -0.15) is 0 Å². The Labute approximate surface area is 165 Å². The van der Waals surface area contributed by atoms with E-state index in [4.69, 9.17) is 5.73 Å². The van der Waals surface area contributed by atoms with Gasteiger partial charge >= 0.3 is 0 Å². The quantitative estimate of drug-likeness (QED) is 0.703. The third-order valence-electron chi connectivity index (χ3n) is 5.10. The normalized spacial score (nSPS) is 14.8. The molecule has 0 bridgehead atoms. The van der Waals surface area contributed by atoms with Crippen molar-refractivity contribution in [1.82, 2.24) is 15.0 Å². The summed E-state index contributed by atoms with van der Waals surface area (Å²) in [6.45, 7) is 3.61. The summed E-state index contributed by atoms with van der Waals surface area (Å²) < 4.78 is 0. The lowest BCUT2D eigenvalue weighted by Gasteiger charge is -2.34. The second-order valence-corrected chi connectivity index (χ2v) is 6.79. The van der Waals surface area contributed by atoms with Gasteiger partial charge in [0.25, 0.3) is 0 Å². The van der Waals surface area contributed by atoms with Gasteiger partial charge in [0.2, 0.25) is 0 Å². The van der Waals surface area contributed by atoms with E-state index in [9.17, 15) is 0 Å². The van der Waals surface area contributed by atoms with Crippen LogP contribution in [0.4, 0.5) is 11.4 Å². The highest BCUT2D eigenvalue weighted by Crippen LogP contribution is 2.29. The fourth-order valence-electron chi connectivity index (χ4n) is 3.52. The Kier molecular flexibility index (Phi) is 6.42. The number of nitrogens with one attached hydrogen (secondary N) is 1. The molecule has 3 heterocycles. The zero-order valence-electron chi connectivity index (χ0n) is 15.2. The summed E-state index contributed by atoms with van der Waals surface area (Å²) in [5.41, 5.74) is 11.1. The molecule has 1 aliphatic rings. The van der Waals surface area contributed by atoms with E-state index in [-0.39, 0.29) is 12.4 Å². The van der Waals surface area contributed by atoms with E-state index < -0.39 is 0 Å². The average molecular weight is 385 g/mol. The van der Waals surface area contributed by atoms with Crippen molar-refractivity contribution in [3.63, 3.8) is 0 Å². The predicted molar refractivity (Wildman–Crippen MR) is 112 cm³/mol. The van der Waals surface area contributed by atoms with Crippen LogP contribution in [-0.2, 0) is 6.54 Å². The summed E-state index contributed by atoms with van der Waals surface area (Å²) in [6, 6.07) is 8.28. The molecular weight excluding hydrogens is 360 g/mol. The first-order chi connectivity index (χ1) is 12.8. The molecule has 7 heteroatoms. The lowest BCUT2D eigenvalue weighted by Crippen LogP contribution is -2.36. The van der Waals surface area contributed by atoms with Crippen molar-refractivity contribution in [2.24, 2.45) is 11.7 Å². The van der Waals surface area contributed by atoms with E-state index in [0.717, 1.165) is 55.7 Å². The van der Waals surface area contributed by atoms with Crippen molar-refractivity contribution in [2.75, 3.05) is 29.9 Å². The summed E-state index contributed by atoms with van der Waals surface area (Å²) >= 11 is 0. The molecule has 0 unspecified atom stereocenters.